The maximum Gasteiger partial charge on any atom is 0.243 e. The van der Waals surface area contributed by atoms with Crippen molar-refractivity contribution < 1.29 is 43.5 Å². The molecule has 362 valence electrons. The molecular formula is C45H64ClN9O9S2. The average molecular weight is 975 g/mol. The molecule has 18 nitrogen and oxygen atoms in total. The maximum atomic E-state index is 14.5. The highest BCUT2D eigenvalue weighted by Crippen LogP contribution is 2.26. The second-order valence-corrected chi connectivity index (χ2v) is 19.8. The van der Waals surface area contributed by atoms with Gasteiger partial charge in [-0.2, -0.15) is 11.8 Å². The van der Waals surface area contributed by atoms with Gasteiger partial charge in [0.1, 0.15) is 23.9 Å². The van der Waals surface area contributed by atoms with E-state index in [4.69, 9.17) is 28.8 Å². The number of rotatable bonds is 15. The lowest BCUT2D eigenvalue weighted by Crippen LogP contribution is -2.58. The van der Waals surface area contributed by atoms with Crippen molar-refractivity contribution in [2.24, 2.45) is 39.9 Å². The number of nitrogens with one attached hydrogen (secondary N) is 4. The van der Waals surface area contributed by atoms with E-state index in [0.29, 0.717) is 49.4 Å². The number of amides is 6. The molecule has 0 radical (unpaired) electrons. The fourth-order valence-electron chi connectivity index (χ4n) is 7.95. The summed E-state index contributed by atoms with van der Waals surface area (Å²) in [6.07, 6.45) is 1.33. The Hall–Kier alpha value is -5.05. The number of aliphatic hydroxyl groups is 1. The summed E-state index contributed by atoms with van der Waals surface area (Å²) in [5.41, 5.74) is 17.1. The predicted molar refractivity (Wildman–Crippen MR) is 254 cm³/mol. The molecule has 21 heteroatoms. The van der Waals surface area contributed by atoms with Gasteiger partial charge in [-0.3, -0.25) is 43.3 Å². The van der Waals surface area contributed by atoms with E-state index < -0.39 is 102 Å². The summed E-state index contributed by atoms with van der Waals surface area (Å²) >= 11 is 8.85. The van der Waals surface area contributed by atoms with Crippen LogP contribution in [0.25, 0.3) is 0 Å². The van der Waals surface area contributed by atoms with E-state index in [-0.39, 0.29) is 56.3 Å². The number of carbonyl (C=O) groups excluding carboxylic acids is 8. The molecule has 1 aromatic carbocycles. The Morgan fingerprint density at radius 2 is 1.67 bits per heavy atom. The first-order chi connectivity index (χ1) is 31.4. The number of benzene rings is 1. The lowest BCUT2D eigenvalue weighted by molar-refractivity contribution is -0.143. The van der Waals surface area contributed by atoms with Gasteiger partial charge >= 0.3 is 0 Å². The number of hydrogen-bond acceptors (Lipinski definition) is 12. The number of ketones is 2. The normalized spacial score (nSPS) is 23.6. The predicted octanol–water partition coefficient (Wildman–Crippen LogP) is 1.37. The van der Waals surface area contributed by atoms with E-state index >= 15 is 0 Å². The number of carbonyl (C=O) groups is 8. The Bertz CT molecular complexity index is 2020. The first kappa shape index (κ1) is 53.6. The average Bonchev–Trinajstić information content (AvgIpc) is 3.98. The number of primary amides is 1. The monoisotopic (exact) mass is 973 g/mol. The van der Waals surface area contributed by atoms with Gasteiger partial charge in [0.25, 0.3) is 0 Å². The first-order valence-electron chi connectivity index (χ1n) is 22.3. The van der Waals surface area contributed by atoms with Crippen molar-refractivity contribution in [3.8, 4) is 0 Å². The number of guanidine groups is 1. The quantitative estimate of drug-likeness (QED) is 0.0714. The zero-order valence-corrected chi connectivity index (χ0v) is 39.9. The summed E-state index contributed by atoms with van der Waals surface area (Å²) in [6, 6.07) is 5.15. The van der Waals surface area contributed by atoms with E-state index in [9.17, 15) is 43.5 Å². The van der Waals surface area contributed by atoms with Crippen LogP contribution >= 0.6 is 34.7 Å². The molecule has 66 heavy (non-hydrogen) atoms. The number of nitrogens with zero attached hydrogens (tertiary/aromatic N) is 2. The molecule has 0 bridgehead atoms. The summed E-state index contributed by atoms with van der Waals surface area (Å²) in [5, 5.41) is 23.4. The lowest BCUT2D eigenvalue weighted by atomic mass is 9.91. The maximum absolute atomic E-state index is 14.5. The van der Waals surface area contributed by atoms with Crippen LogP contribution in [0.1, 0.15) is 82.1 Å². The summed E-state index contributed by atoms with van der Waals surface area (Å²) in [5.74, 6) is -6.66. The van der Waals surface area contributed by atoms with Crippen molar-refractivity contribution in [2.45, 2.75) is 115 Å². The van der Waals surface area contributed by atoms with Gasteiger partial charge in [-0.25, -0.2) is 0 Å². The molecule has 0 unspecified atom stereocenters. The molecule has 11 N–H and O–H groups in total. The molecule has 6 amide bonds. The van der Waals surface area contributed by atoms with Gasteiger partial charge in [-0.1, -0.05) is 43.6 Å². The van der Waals surface area contributed by atoms with Crippen molar-refractivity contribution in [3.05, 3.63) is 57.2 Å². The van der Waals surface area contributed by atoms with Gasteiger partial charge in [0.15, 0.2) is 11.7 Å². The van der Waals surface area contributed by atoms with Crippen molar-refractivity contribution >= 4 is 87.7 Å². The standard InChI is InChI=1S/C45H64ClN9O9S2/c1-26(2)39-43(63)52-34(23-38(47)59)37(58)21-29(44(64)55-16-4-10-36(55)42(62)51-31(24-56)7-3-15-50-45(48)49)25-65-17-5-8-32(57)20-28(19-27-11-13-30(46)14-12-27)40(60)53-35(41(61)54-39)22-33-9-6-18-66-33/h6,9,11-14,18,26,28-29,31,34-36,39,56H,3-5,7-8,10,15-17,19-25H2,1-2H3,(H2,47,59)(H,51,62)(H,52,63)(H,53,60)(H,54,61)(H4,48,49,50)/t28-,29+,31-,34+,35+,36+,39+/m1/s1. The van der Waals surface area contributed by atoms with Gasteiger partial charge in [0.05, 0.1) is 31.0 Å². The number of likely N-dealkylation sites (tertiary alicyclic amines) is 1. The van der Waals surface area contributed by atoms with Crippen molar-refractivity contribution in [3.63, 3.8) is 0 Å². The number of aliphatic imine (C=N–C) groups is 1. The summed E-state index contributed by atoms with van der Waals surface area (Å²) < 4.78 is 0. The minimum atomic E-state index is -1.46. The third-order valence-corrected chi connectivity index (χ3v) is 13.9. The molecule has 2 aromatic rings. The van der Waals surface area contributed by atoms with Crippen LogP contribution in [0.5, 0.6) is 0 Å². The number of hydrogen-bond donors (Lipinski definition) is 8. The topological polar surface area (TPSA) is 299 Å². The SMILES string of the molecule is CC(C)[C@@H]1NC(=O)[C@H](Cc2cccs2)NC(=O)[C@H](Cc2ccc(Cl)cc2)CC(=O)CCCSC[C@@H](C(=O)N2CCC[C@H]2C(=O)N[C@@H](CO)CCCN=C(N)N)CC(=O)[C@H](CC(N)=O)NC1=O. The van der Waals surface area contributed by atoms with Crippen LogP contribution in [0, 0.1) is 17.8 Å². The Morgan fingerprint density at radius 1 is 0.939 bits per heavy atom. The number of halogens is 1. The minimum absolute atomic E-state index is 0.0738. The second-order valence-electron chi connectivity index (χ2n) is 17.1. The Kier molecular flexibility index (Phi) is 21.9. The van der Waals surface area contributed by atoms with Crippen LogP contribution in [-0.4, -0.2) is 124 Å². The number of nitrogens with two attached hydrogens (primary N) is 3. The van der Waals surface area contributed by atoms with Gasteiger partial charge in [0.2, 0.25) is 35.4 Å². The molecule has 4 rings (SSSR count). The van der Waals surface area contributed by atoms with Crippen molar-refractivity contribution in [1.82, 2.24) is 26.2 Å². The van der Waals surface area contributed by atoms with E-state index in [1.54, 1.807) is 44.2 Å². The molecule has 2 aliphatic rings. The zero-order valence-electron chi connectivity index (χ0n) is 37.5. The number of aliphatic hydroxyl groups excluding tert-OH is 1. The Morgan fingerprint density at radius 3 is 2.32 bits per heavy atom. The summed E-state index contributed by atoms with van der Waals surface area (Å²) in [7, 11) is 0. The smallest absolute Gasteiger partial charge is 0.243 e. The third-order valence-electron chi connectivity index (χ3n) is 11.5. The van der Waals surface area contributed by atoms with Crippen LogP contribution < -0.4 is 38.5 Å². The van der Waals surface area contributed by atoms with Gasteiger partial charge in [-0.05, 0) is 79.3 Å². The van der Waals surface area contributed by atoms with Gasteiger partial charge < -0.3 is 48.5 Å². The molecule has 0 saturated carbocycles. The van der Waals surface area contributed by atoms with Gasteiger partial charge in [0, 0.05) is 60.3 Å². The number of thiophene rings is 1. The number of Topliss-reactive ketones (excluding diaryl/α,β-unsaturated/α-hetero) is 2. The van der Waals surface area contributed by atoms with Crippen LogP contribution in [0.4, 0.5) is 0 Å². The molecule has 3 heterocycles. The first-order valence-corrected chi connectivity index (χ1v) is 24.7. The molecule has 7 atom stereocenters. The Labute approximate surface area is 398 Å². The highest BCUT2D eigenvalue weighted by atomic mass is 35.5. The van der Waals surface area contributed by atoms with Crippen molar-refractivity contribution in [1.29, 1.82) is 0 Å². The largest absolute Gasteiger partial charge is 0.394 e. The highest BCUT2D eigenvalue weighted by Gasteiger charge is 2.40. The van der Waals surface area contributed by atoms with Crippen LogP contribution in [0.15, 0.2) is 46.8 Å². The Balaban J connectivity index is 1.63. The van der Waals surface area contributed by atoms with Crippen molar-refractivity contribution in [2.75, 3.05) is 31.2 Å². The summed E-state index contributed by atoms with van der Waals surface area (Å²) in [6.45, 7) is 3.53. The fraction of sp³-hybridized carbons (Fsp3) is 0.578. The van der Waals surface area contributed by atoms with E-state index in [1.165, 1.54) is 28.0 Å². The molecule has 2 aliphatic heterocycles. The van der Waals surface area contributed by atoms with Crippen LogP contribution in [0.2, 0.25) is 5.02 Å². The molecule has 2 fully saturated rings. The zero-order chi connectivity index (χ0) is 48.3. The van der Waals surface area contributed by atoms with E-state index in [0.717, 1.165) is 10.4 Å². The molecule has 2 saturated heterocycles. The molecule has 0 aliphatic carbocycles. The molecule has 0 spiro atoms. The fourth-order valence-corrected chi connectivity index (χ4v) is 9.89. The highest BCUT2D eigenvalue weighted by molar-refractivity contribution is 7.99. The van der Waals surface area contributed by atoms with Crippen LogP contribution in [0.3, 0.4) is 0 Å². The number of thioether (sulfide) groups is 1. The minimum Gasteiger partial charge on any atom is -0.394 e. The second kappa shape index (κ2) is 26.9. The van der Waals surface area contributed by atoms with Gasteiger partial charge in [-0.15, -0.1) is 11.3 Å². The summed E-state index contributed by atoms with van der Waals surface area (Å²) in [4.78, 5) is 117. The molecule has 1 aromatic heterocycles. The van der Waals surface area contributed by atoms with E-state index in [2.05, 4.69) is 26.3 Å². The molecular weight excluding hydrogens is 910 g/mol. The van der Waals surface area contributed by atoms with E-state index in [1.807, 2.05) is 11.4 Å². The third kappa shape index (κ3) is 17.3. The lowest BCUT2D eigenvalue weighted by Gasteiger charge is -2.30. The van der Waals surface area contributed by atoms with Crippen LogP contribution in [-0.2, 0) is 51.2 Å².